The molecule has 4 aromatic carbocycles. The van der Waals surface area contributed by atoms with E-state index in [0.717, 1.165) is 82.4 Å². The number of hydrogen-bond acceptors (Lipinski definition) is 7. The van der Waals surface area contributed by atoms with Gasteiger partial charge in [0.15, 0.2) is 11.7 Å². The molecule has 3 aliphatic heterocycles. The average molecular weight is 614 g/mol. The monoisotopic (exact) mass is 613 g/mol. The lowest BCUT2D eigenvalue weighted by molar-refractivity contribution is 0.0309. The molecular formula is C36H27N3O3S2. The lowest BCUT2D eigenvalue weighted by Gasteiger charge is -2.33. The van der Waals surface area contributed by atoms with Crippen LogP contribution in [0.2, 0.25) is 0 Å². The predicted octanol–water partition coefficient (Wildman–Crippen LogP) is 8.18. The average Bonchev–Trinajstić information content (AvgIpc) is 3.51. The maximum Gasteiger partial charge on any atom is 0.196 e. The Kier molecular flexibility index (Phi) is 6.90. The van der Waals surface area contributed by atoms with Crippen molar-refractivity contribution in [1.29, 1.82) is 0 Å². The third-order valence-electron chi connectivity index (χ3n) is 7.95. The molecule has 0 radical (unpaired) electrons. The summed E-state index contributed by atoms with van der Waals surface area (Å²) in [5, 5.41) is 8.24. The third kappa shape index (κ3) is 4.76. The molecular weight excluding hydrogens is 587 g/mol. The standard InChI is InChI=1S/C22H19NO2S2.C14H8N2O/c1-15-13-17(25-21(14-15)23-9-11-24-12-10-23)16-5-4-8-20-22(16)27-19-7-3-2-6-18(19)26-20;17-14-9-5-2-1-4-8(9)13-12-10(14)6-3-7-11(12)15-16-13/h2-8,13-14H,1,9-12H2;1-7H,(H,15,16). The number of ketones is 1. The van der Waals surface area contributed by atoms with Crippen molar-refractivity contribution in [1.82, 2.24) is 15.1 Å². The number of carbonyl (C=O) groups is 1. The molecule has 0 atom stereocenters. The van der Waals surface area contributed by atoms with Crippen molar-refractivity contribution in [3.05, 3.63) is 132 Å². The van der Waals surface area contributed by atoms with Gasteiger partial charge in [0, 0.05) is 66.4 Å². The lowest BCUT2D eigenvalue weighted by atomic mass is 9.87. The second kappa shape index (κ2) is 11.2. The topological polar surface area (TPSA) is 67.5 Å². The predicted molar refractivity (Wildman–Crippen MR) is 175 cm³/mol. The first-order valence-electron chi connectivity index (χ1n) is 14.5. The maximum absolute atomic E-state index is 12.4. The van der Waals surface area contributed by atoms with Crippen molar-refractivity contribution in [3.63, 3.8) is 0 Å². The van der Waals surface area contributed by atoms with E-state index in [4.69, 9.17) is 9.47 Å². The van der Waals surface area contributed by atoms with Crippen molar-refractivity contribution in [3.8, 4) is 11.3 Å². The molecule has 216 valence electrons. The van der Waals surface area contributed by atoms with E-state index in [-0.39, 0.29) is 5.78 Å². The van der Waals surface area contributed by atoms with Gasteiger partial charge in [-0.2, -0.15) is 5.10 Å². The molecule has 5 aromatic rings. The molecule has 1 saturated heterocycles. The van der Waals surface area contributed by atoms with Gasteiger partial charge in [-0.05, 0) is 35.9 Å². The highest BCUT2D eigenvalue weighted by atomic mass is 32.2. The molecule has 1 N–H and O–H groups in total. The summed E-state index contributed by atoms with van der Waals surface area (Å²) in [7, 11) is 0. The SMILES string of the molecule is C=C1C=C(c2cccc3c2Sc2ccccc2S3)OC(N2CCOCC2)=C1.O=C1c2ccccc2-c2n[nH]c3cccc1c23. The highest BCUT2D eigenvalue weighted by Crippen LogP contribution is 2.51. The summed E-state index contributed by atoms with van der Waals surface area (Å²) < 4.78 is 11.8. The second-order valence-electron chi connectivity index (χ2n) is 10.7. The van der Waals surface area contributed by atoms with Crippen molar-refractivity contribution in [2.75, 3.05) is 26.3 Å². The number of morpholine rings is 1. The Morgan fingerprint density at radius 1 is 0.750 bits per heavy atom. The van der Waals surface area contributed by atoms with E-state index in [1.54, 1.807) is 0 Å². The summed E-state index contributed by atoms with van der Waals surface area (Å²) in [6.07, 6.45) is 4.05. The summed E-state index contributed by atoms with van der Waals surface area (Å²) in [5.41, 5.74) is 6.28. The van der Waals surface area contributed by atoms with Crippen molar-refractivity contribution >= 4 is 46.0 Å². The van der Waals surface area contributed by atoms with Gasteiger partial charge in [-0.15, -0.1) is 0 Å². The highest BCUT2D eigenvalue weighted by Gasteiger charge is 2.27. The minimum absolute atomic E-state index is 0.0834. The number of hydrogen-bond donors (Lipinski definition) is 1. The molecule has 0 bridgehead atoms. The fourth-order valence-electron chi connectivity index (χ4n) is 5.84. The molecule has 4 aliphatic rings. The van der Waals surface area contributed by atoms with Gasteiger partial charge in [-0.1, -0.05) is 90.8 Å². The van der Waals surface area contributed by atoms with Gasteiger partial charge in [0.2, 0.25) is 0 Å². The Morgan fingerprint density at radius 2 is 1.43 bits per heavy atom. The number of aromatic nitrogens is 2. The van der Waals surface area contributed by atoms with Crippen LogP contribution in [0, 0.1) is 0 Å². The van der Waals surface area contributed by atoms with Gasteiger partial charge in [-0.25, -0.2) is 0 Å². The quantitative estimate of drug-likeness (QED) is 0.211. The maximum atomic E-state index is 12.4. The van der Waals surface area contributed by atoms with Crippen molar-refractivity contribution in [2.45, 2.75) is 19.6 Å². The third-order valence-corrected chi connectivity index (χ3v) is 10.6. The Hall–Kier alpha value is -4.50. The van der Waals surface area contributed by atoms with Gasteiger partial charge in [0.1, 0.15) is 11.5 Å². The Balaban J connectivity index is 0.000000145. The number of H-pyrrole nitrogens is 1. The number of fused-ring (bicyclic) bond motifs is 4. The van der Waals surface area contributed by atoms with Crippen LogP contribution in [0.1, 0.15) is 21.5 Å². The number of nitrogens with one attached hydrogen (secondary N) is 1. The van der Waals surface area contributed by atoms with Crippen molar-refractivity contribution in [2.24, 2.45) is 0 Å². The second-order valence-corrected chi connectivity index (χ2v) is 12.9. The largest absolute Gasteiger partial charge is 0.440 e. The molecule has 44 heavy (non-hydrogen) atoms. The number of ether oxygens (including phenoxy) is 2. The van der Waals surface area contributed by atoms with E-state index in [1.807, 2.05) is 78.1 Å². The normalized spacial score (nSPS) is 16.5. The van der Waals surface area contributed by atoms with Crippen LogP contribution in [0.15, 0.2) is 135 Å². The zero-order valence-corrected chi connectivity index (χ0v) is 25.3. The van der Waals surface area contributed by atoms with Crippen molar-refractivity contribution < 1.29 is 14.3 Å². The highest BCUT2D eigenvalue weighted by molar-refractivity contribution is 8.05. The number of nitrogens with zero attached hydrogens (tertiary/aromatic N) is 2. The first-order chi connectivity index (χ1) is 21.6. The van der Waals surface area contributed by atoms with E-state index < -0.39 is 0 Å². The minimum atomic E-state index is 0.0834. The van der Waals surface area contributed by atoms with Crippen LogP contribution in [0.3, 0.4) is 0 Å². The van der Waals surface area contributed by atoms with Crippen LogP contribution >= 0.6 is 23.5 Å². The lowest BCUT2D eigenvalue weighted by Crippen LogP contribution is -2.36. The molecule has 8 heteroatoms. The number of carbonyl (C=O) groups excluding carboxylic acids is 1. The van der Waals surface area contributed by atoms with E-state index in [2.05, 4.69) is 64.1 Å². The fraction of sp³-hybridized carbons (Fsp3) is 0.111. The van der Waals surface area contributed by atoms with Crippen LogP contribution in [-0.4, -0.2) is 47.2 Å². The zero-order chi connectivity index (χ0) is 29.6. The van der Waals surface area contributed by atoms with Gasteiger partial charge >= 0.3 is 0 Å². The van der Waals surface area contributed by atoms with Gasteiger partial charge < -0.3 is 14.4 Å². The molecule has 0 amide bonds. The Labute approximate surface area is 263 Å². The molecule has 9 rings (SSSR count). The molecule has 0 spiro atoms. The van der Waals surface area contributed by atoms with E-state index >= 15 is 0 Å². The first-order valence-corrected chi connectivity index (χ1v) is 16.1. The van der Waals surface area contributed by atoms with Crippen LogP contribution in [0.25, 0.3) is 27.9 Å². The Morgan fingerprint density at radius 3 is 2.27 bits per heavy atom. The Bertz CT molecular complexity index is 2040. The fourth-order valence-corrected chi connectivity index (χ4v) is 8.23. The molecule has 1 aromatic heterocycles. The molecule has 1 fully saturated rings. The van der Waals surface area contributed by atoms with E-state index in [0.29, 0.717) is 0 Å². The number of aromatic amines is 1. The summed E-state index contributed by atoms with van der Waals surface area (Å²) >= 11 is 3.64. The van der Waals surface area contributed by atoms with Crippen LogP contribution in [0.4, 0.5) is 0 Å². The van der Waals surface area contributed by atoms with Gasteiger partial charge in [-0.3, -0.25) is 9.89 Å². The first kappa shape index (κ1) is 27.1. The van der Waals surface area contributed by atoms with Crippen LogP contribution < -0.4 is 0 Å². The van der Waals surface area contributed by atoms with Gasteiger partial charge in [0.05, 0.1) is 18.7 Å². The number of benzene rings is 4. The molecule has 0 saturated carbocycles. The molecule has 4 heterocycles. The molecule has 1 aliphatic carbocycles. The van der Waals surface area contributed by atoms with Crippen LogP contribution in [-0.2, 0) is 9.47 Å². The van der Waals surface area contributed by atoms with E-state index in [9.17, 15) is 4.79 Å². The number of allylic oxidation sites excluding steroid dienone is 3. The van der Waals surface area contributed by atoms with Crippen LogP contribution in [0.5, 0.6) is 0 Å². The van der Waals surface area contributed by atoms with Gasteiger partial charge in [0.25, 0.3) is 0 Å². The molecule has 0 unspecified atom stereocenters. The zero-order valence-electron chi connectivity index (χ0n) is 23.7. The summed E-state index contributed by atoms with van der Waals surface area (Å²) in [6, 6.07) is 28.3. The summed E-state index contributed by atoms with van der Waals surface area (Å²) in [6.45, 7) is 7.33. The minimum Gasteiger partial charge on any atom is -0.440 e. The summed E-state index contributed by atoms with van der Waals surface area (Å²) in [4.78, 5) is 19.7. The smallest absolute Gasteiger partial charge is 0.196 e. The summed E-state index contributed by atoms with van der Waals surface area (Å²) in [5.74, 6) is 1.82. The van der Waals surface area contributed by atoms with E-state index in [1.165, 1.54) is 19.6 Å². The molecule has 6 nitrogen and oxygen atoms in total. The number of rotatable bonds is 2.